The summed E-state index contributed by atoms with van der Waals surface area (Å²) in [6.07, 6.45) is 0. The fourth-order valence-electron chi connectivity index (χ4n) is 0.324. The Balaban J connectivity index is 3.47. The van der Waals surface area contributed by atoms with Crippen molar-refractivity contribution in [3.63, 3.8) is 0 Å². The summed E-state index contributed by atoms with van der Waals surface area (Å²) in [5.74, 6) is -0.491. The van der Waals surface area contributed by atoms with Gasteiger partial charge in [-0.15, -0.1) is 9.05 Å². The molecule has 0 amide bonds. The van der Waals surface area contributed by atoms with Crippen LogP contribution in [0.15, 0.2) is 0 Å². The van der Waals surface area contributed by atoms with Crippen molar-refractivity contribution in [2.45, 2.75) is 13.8 Å². The monoisotopic (exact) mass is 193 g/mol. The summed E-state index contributed by atoms with van der Waals surface area (Å²) in [6.45, 7) is 2.09. The molecule has 0 aliphatic rings. The minimum Gasteiger partial charge on any atom is -0.297 e. The second-order valence-corrected chi connectivity index (χ2v) is 3.14. The molecule has 0 aromatic rings. The second-order valence-electron chi connectivity index (χ2n) is 2.17. The van der Waals surface area contributed by atoms with Gasteiger partial charge in [-0.3, -0.25) is 9.59 Å². The first kappa shape index (κ1) is 11.4. The zero-order valence-corrected chi connectivity index (χ0v) is 7.80. The van der Waals surface area contributed by atoms with Crippen LogP contribution in [0.2, 0.25) is 0 Å². The summed E-state index contributed by atoms with van der Waals surface area (Å²) in [4.78, 5) is 20.6. The molecular formula is C6H10O5P+. The van der Waals surface area contributed by atoms with E-state index in [1.165, 1.54) is 13.8 Å². The van der Waals surface area contributed by atoms with Gasteiger partial charge >= 0.3 is 8.25 Å². The molecule has 0 aliphatic carbocycles. The van der Waals surface area contributed by atoms with Gasteiger partial charge in [-0.05, 0) is 13.8 Å². The summed E-state index contributed by atoms with van der Waals surface area (Å²) >= 11 is 0. The van der Waals surface area contributed by atoms with Crippen LogP contribution < -0.4 is 0 Å². The molecule has 0 heterocycles. The number of hydrogen-bond acceptors (Lipinski definition) is 5. The van der Waals surface area contributed by atoms with Crippen molar-refractivity contribution in [1.29, 1.82) is 0 Å². The Morgan fingerprint density at radius 3 is 1.67 bits per heavy atom. The number of ketones is 2. The Bertz CT molecular complexity index is 180. The van der Waals surface area contributed by atoms with Crippen molar-refractivity contribution in [3.8, 4) is 0 Å². The van der Waals surface area contributed by atoms with Crippen LogP contribution in [0.1, 0.15) is 13.8 Å². The third-order valence-corrected chi connectivity index (χ3v) is 1.43. The number of rotatable bonds is 6. The summed E-state index contributed by atoms with van der Waals surface area (Å²) < 4.78 is 19.5. The number of hydrogen-bond donors (Lipinski definition) is 0. The molecule has 6 heteroatoms. The Morgan fingerprint density at radius 1 is 1.08 bits per heavy atom. The van der Waals surface area contributed by atoms with E-state index in [0.717, 1.165) is 0 Å². The van der Waals surface area contributed by atoms with Gasteiger partial charge in [-0.25, -0.2) is 0 Å². The predicted molar refractivity (Wildman–Crippen MR) is 40.9 cm³/mol. The topological polar surface area (TPSA) is 69.7 Å². The van der Waals surface area contributed by atoms with Crippen LogP contribution in [-0.2, 0) is 23.2 Å². The van der Waals surface area contributed by atoms with Crippen LogP contribution in [-0.4, -0.2) is 24.8 Å². The minimum absolute atomic E-state index is 0.246. The molecule has 0 aliphatic heterocycles. The first-order valence-corrected chi connectivity index (χ1v) is 4.34. The maximum absolute atomic E-state index is 10.7. The standard InChI is InChI=1S/C6H10O5P/c1-5(7)3-10-12(9)11-4-6(2)8/h3-4H2,1-2H3/q+1. The smallest absolute Gasteiger partial charge is 0.297 e. The van der Waals surface area contributed by atoms with E-state index in [0.29, 0.717) is 0 Å². The fourth-order valence-corrected chi connectivity index (χ4v) is 0.973. The first-order chi connectivity index (χ1) is 5.52. The summed E-state index contributed by atoms with van der Waals surface area (Å²) in [6, 6.07) is 0. The van der Waals surface area contributed by atoms with Crippen molar-refractivity contribution in [2.24, 2.45) is 0 Å². The van der Waals surface area contributed by atoms with Crippen LogP contribution in [0.3, 0.4) is 0 Å². The van der Waals surface area contributed by atoms with Gasteiger partial charge in [0, 0.05) is 4.57 Å². The average molecular weight is 193 g/mol. The molecule has 12 heavy (non-hydrogen) atoms. The van der Waals surface area contributed by atoms with Crippen molar-refractivity contribution in [2.75, 3.05) is 13.2 Å². The van der Waals surface area contributed by atoms with E-state index in [1.54, 1.807) is 0 Å². The number of carbonyl (C=O) groups excluding carboxylic acids is 2. The zero-order valence-electron chi connectivity index (χ0n) is 6.90. The Hall–Kier alpha value is -0.640. The van der Waals surface area contributed by atoms with Gasteiger partial charge in [0.25, 0.3) is 0 Å². The van der Waals surface area contributed by atoms with E-state index in [2.05, 4.69) is 9.05 Å². The van der Waals surface area contributed by atoms with Gasteiger partial charge in [0.1, 0.15) is 0 Å². The van der Waals surface area contributed by atoms with Crippen LogP contribution in [0.4, 0.5) is 0 Å². The lowest BCUT2D eigenvalue weighted by atomic mass is 10.5. The van der Waals surface area contributed by atoms with Crippen molar-refractivity contribution >= 4 is 19.8 Å². The summed E-state index contributed by atoms with van der Waals surface area (Å²) in [5, 5.41) is 0. The normalized spacial score (nSPS) is 9.50. The maximum Gasteiger partial charge on any atom is 0.698 e. The highest BCUT2D eigenvalue weighted by Crippen LogP contribution is 2.22. The van der Waals surface area contributed by atoms with Gasteiger partial charge in [-0.2, -0.15) is 0 Å². The molecule has 0 radical (unpaired) electrons. The van der Waals surface area contributed by atoms with Crippen LogP contribution in [0.5, 0.6) is 0 Å². The molecule has 0 atom stereocenters. The van der Waals surface area contributed by atoms with Gasteiger partial charge in [0.15, 0.2) is 24.8 Å². The maximum atomic E-state index is 10.7. The molecule has 5 nitrogen and oxygen atoms in total. The lowest BCUT2D eigenvalue weighted by Crippen LogP contribution is -2.02. The molecular weight excluding hydrogens is 183 g/mol. The van der Waals surface area contributed by atoms with Crippen LogP contribution >= 0.6 is 8.25 Å². The first-order valence-electron chi connectivity index (χ1n) is 3.24. The van der Waals surface area contributed by atoms with Gasteiger partial charge < -0.3 is 0 Å². The van der Waals surface area contributed by atoms with Crippen LogP contribution in [0.25, 0.3) is 0 Å². The molecule has 0 saturated carbocycles. The van der Waals surface area contributed by atoms with E-state index in [-0.39, 0.29) is 24.8 Å². The van der Waals surface area contributed by atoms with Gasteiger partial charge in [0.2, 0.25) is 0 Å². The highest BCUT2D eigenvalue weighted by atomic mass is 31.1. The third kappa shape index (κ3) is 7.47. The van der Waals surface area contributed by atoms with E-state index in [9.17, 15) is 14.2 Å². The molecule has 68 valence electrons. The molecule has 0 bridgehead atoms. The summed E-state index contributed by atoms with van der Waals surface area (Å²) in [7, 11) is -2.34. The Kier molecular flexibility index (Phi) is 5.62. The number of carbonyl (C=O) groups is 2. The molecule has 0 fully saturated rings. The van der Waals surface area contributed by atoms with Crippen molar-refractivity contribution in [3.05, 3.63) is 0 Å². The second kappa shape index (κ2) is 5.94. The van der Waals surface area contributed by atoms with E-state index < -0.39 is 8.25 Å². The lowest BCUT2D eigenvalue weighted by Gasteiger charge is -1.85. The highest BCUT2D eigenvalue weighted by Gasteiger charge is 2.21. The molecule has 0 saturated heterocycles. The Labute approximate surface area is 71.0 Å². The van der Waals surface area contributed by atoms with Crippen LogP contribution in [0, 0.1) is 0 Å². The fraction of sp³-hybridized carbons (Fsp3) is 0.667. The van der Waals surface area contributed by atoms with Crippen molar-refractivity contribution in [1.82, 2.24) is 0 Å². The third-order valence-electron chi connectivity index (χ3n) is 0.746. The van der Waals surface area contributed by atoms with Gasteiger partial charge in [-0.1, -0.05) is 0 Å². The molecule has 0 aromatic carbocycles. The number of Topliss-reactive ketones (excluding diaryl/α,β-unsaturated/α-hetero) is 2. The molecule has 0 aromatic heterocycles. The predicted octanol–water partition coefficient (Wildman–Crippen LogP) is 0.855. The summed E-state index contributed by atoms with van der Waals surface area (Å²) in [5.41, 5.74) is 0. The zero-order chi connectivity index (χ0) is 9.56. The van der Waals surface area contributed by atoms with Crippen molar-refractivity contribution < 1.29 is 23.2 Å². The quantitative estimate of drug-likeness (QED) is 0.585. The SMILES string of the molecule is CC(=O)CO[P+](=O)OCC(C)=O. The van der Waals surface area contributed by atoms with E-state index >= 15 is 0 Å². The molecule has 0 rings (SSSR count). The molecule has 0 unspecified atom stereocenters. The van der Waals surface area contributed by atoms with E-state index in [1.807, 2.05) is 0 Å². The highest BCUT2D eigenvalue weighted by molar-refractivity contribution is 7.33. The lowest BCUT2D eigenvalue weighted by molar-refractivity contribution is -0.119. The Morgan fingerprint density at radius 2 is 1.42 bits per heavy atom. The van der Waals surface area contributed by atoms with E-state index in [4.69, 9.17) is 0 Å². The largest absolute Gasteiger partial charge is 0.698 e. The minimum atomic E-state index is -2.34. The molecule has 0 N–H and O–H groups in total. The average Bonchev–Trinajstić information content (AvgIpc) is 1.96. The molecule has 0 spiro atoms. The van der Waals surface area contributed by atoms with Gasteiger partial charge in [0.05, 0.1) is 0 Å².